The van der Waals surface area contributed by atoms with Crippen molar-refractivity contribution in [3.05, 3.63) is 22.2 Å². The fourth-order valence-electron chi connectivity index (χ4n) is 1.82. The van der Waals surface area contributed by atoms with Crippen LogP contribution >= 0.6 is 15.9 Å². The normalized spacial score (nSPS) is 17.6. The topological polar surface area (TPSA) is 77.0 Å². The summed E-state index contributed by atoms with van der Waals surface area (Å²) in [7, 11) is 0. The van der Waals surface area contributed by atoms with Gasteiger partial charge in [-0.1, -0.05) is 0 Å². The quantitative estimate of drug-likeness (QED) is 0.822. The Labute approximate surface area is 125 Å². The highest BCUT2D eigenvalue weighted by Gasteiger charge is 2.24. The first-order valence-corrected chi connectivity index (χ1v) is 7.06. The average Bonchev–Trinajstić information content (AvgIpc) is 2.83. The second-order valence-electron chi connectivity index (χ2n) is 4.22. The fourth-order valence-corrected chi connectivity index (χ4v) is 2.42. The summed E-state index contributed by atoms with van der Waals surface area (Å²) in [6.07, 6.45) is -0.750. The van der Waals surface area contributed by atoms with E-state index in [1.165, 1.54) is 0 Å². The lowest BCUT2D eigenvalue weighted by atomic mass is 10.2. The Kier molecular flexibility index (Phi) is 5.08. The van der Waals surface area contributed by atoms with Crippen molar-refractivity contribution in [3.8, 4) is 11.5 Å². The zero-order chi connectivity index (χ0) is 14.5. The molecule has 1 aromatic rings. The van der Waals surface area contributed by atoms with Crippen molar-refractivity contribution in [2.45, 2.75) is 19.6 Å². The van der Waals surface area contributed by atoms with E-state index in [0.717, 1.165) is 5.56 Å². The number of hydrogen-bond donors (Lipinski definition) is 2. The number of amides is 1. The molecule has 2 N–H and O–H groups in total. The minimum Gasteiger partial charge on any atom is -0.490 e. The van der Waals surface area contributed by atoms with Gasteiger partial charge in [-0.2, -0.15) is 0 Å². The SMILES string of the molecule is CCOc1cc(CO)cc(Br)c1OCC1CNC(=O)O1. The highest BCUT2D eigenvalue weighted by Crippen LogP contribution is 2.37. The lowest BCUT2D eigenvalue weighted by Crippen LogP contribution is -2.22. The molecule has 1 fully saturated rings. The molecule has 1 aliphatic rings. The monoisotopic (exact) mass is 345 g/mol. The van der Waals surface area contributed by atoms with E-state index in [-0.39, 0.29) is 19.3 Å². The molecule has 1 atom stereocenters. The molecule has 1 heterocycles. The van der Waals surface area contributed by atoms with Crippen LogP contribution in [0, 0.1) is 0 Å². The molecule has 0 aromatic heterocycles. The van der Waals surface area contributed by atoms with Gasteiger partial charge in [-0.25, -0.2) is 4.79 Å². The Morgan fingerprint density at radius 2 is 2.30 bits per heavy atom. The second-order valence-corrected chi connectivity index (χ2v) is 5.07. The van der Waals surface area contributed by atoms with Gasteiger partial charge < -0.3 is 24.6 Å². The molecule has 0 bridgehead atoms. The van der Waals surface area contributed by atoms with Crippen LogP contribution in [-0.4, -0.2) is 37.1 Å². The van der Waals surface area contributed by atoms with Gasteiger partial charge in [0.1, 0.15) is 6.61 Å². The molecule has 2 rings (SSSR count). The number of rotatable bonds is 6. The summed E-state index contributed by atoms with van der Waals surface area (Å²) < 4.78 is 16.9. The van der Waals surface area contributed by atoms with Crippen LogP contribution in [-0.2, 0) is 11.3 Å². The number of halogens is 1. The number of aliphatic hydroxyl groups is 1. The van der Waals surface area contributed by atoms with Crippen LogP contribution in [0.15, 0.2) is 16.6 Å². The zero-order valence-electron chi connectivity index (χ0n) is 11.0. The highest BCUT2D eigenvalue weighted by atomic mass is 79.9. The predicted molar refractivity (Wildman–Crippen MR) is 75.0 cm³/mol. The highest BCUT2D eigenvalue weighted by molar-refractivity contribution is 9.10. The van der Waals surface area contributed by atoms with E-state index in [0.29, 0.717) is 29.1 Å². The lowest BCUT2D eigenvalue weighted by Gasteiger charge is -2.16. The molecule has 1 unspecified atom stereocenters. The molecule has 110 valence electrons. The molecule has 6 nitrogen and oxygen atoms in total. The van der Waals surface area contributed by atoms with Crippen LogP contribution in [0.5, 0.6) is 11.5 Å². The maximum Gasteiger partial charge on any atom is 0.407 e. The molecular weight excluding hydrogens is 330 g/mol. The molecule has 1 amide bonds. The van der Waals surface area contributed by atoms with Gasteiger partial charge in [0.25, 0.3) is 0 Å². The molecule has 7 heteroatoms. The summed E-state index contributed by atoms with van der Waals surface area (Å²) in [5.41, 5.74) is 0.724. The number of alkyl carbamates (subject to hydrolysis) is 1. The molecule has 0 saturated carbocycles. The average molecular weight is 346 g/mol. The van der Waals surface area contributed by atoms with E-state index in [2.05, 4.69) is 21.2 Å². The number of aliphatic hydroxyl groups excluding tert-OH is 1. The van der Waals surface area contributed by atoms with Gasteiger partial charge in [-0.15, -0.1) is 0 Å². The van der Waals surface area contributed by atoms with E-state index in [4.69, 9.17) is 14.2 Å². The van der Waals surface area contributed by atoms with Crippen molar-refractivity contribution < 1.29 is 24.1 Å². The van der Waals surface area contributed by atoms with Gasteiger partial charge >= 0.3 is 6.09 Å². The zero-order valence-corrected chi connectivity index (χ0v) is 12.6. The molecule has 1 aromatic carbocycles. The van der Waals surface area contributed by atoms with Crippen molar-refractivity contribution in [3.63, 3.8) is 0 Å². The van der Waals surface area contributed by atoms with E-state index in [1.54, 1.807) is 12.1 Å². The molecular formula is C13H16BrNO5. The lowest BCUT2D eigenvalue weighted by molar-refractivity contribution is 0.103. The van der Waals surface area contributed by atoms with Gasteiger partial charge in [-0.3, -0.25) is 0 Å². The fraction of sp³-hybridized carbons (Fsp3) is 0.462. The largest absolute Gasteiger partial charge is 0.490 e. The predicted octanol–water partition coefficient (Wildman–Crippen LogP) is 1.83. The molecule has 1 aliphatic heterocycles. The number of cyclic esters (lactones) is 1. The maximum atomic E-state index is 10.9. The Hall–Kier alpha value is -1.47. The Morgan fingerprint density at radius 3 is 2.90 bits per heavy atom. The Balaban J connectivity index is 2.10. The van der Waals surface area contributed by atoms with Crippen molar-refractivity contribution >= 4 is 22.0 Å². The smallest absolute Gasteiger partial charge is 0.407 e. The third-order valence-electron chi connectivity index (χ3n) is 2.71. The first-order chi connectivity index (χ1) is 9.63. The number of carbonyl (C=O) groups is 1. The minimum atomic E-state index is -0.432. The minimum absolute atomic E-state index is 0.0802. The first kappa shape index (κ1) is 14.9. The van der Waals surface area contributed by atoms with Gasteiger partial charge in [0.2, 0.25) is 0 Å². The summed E-state index contributed by atoms with van der Waals surface area (Å²) in [6, 6.07) is 3.49. The number of carbonyl (C=O) groups excluding carboxylic acids is 1. The Bertz CT molecular complexity index is 494. The van der Waals surface area contributed by atoms with Gasteiger partial charge in [0.15, 0.2) is 17.6 Å². The first-order valence-electron chi connectivity index (χ1n) is 6.27. The molecule has 20 heavy (non-hydrogen) atoms. The summed E-state index contributed by atoms with van der Waals surface area (Å²) in [4.78, 5) is 10.9. The van der Waals surface area contributed by atoms with Crippen LogP contribution in [0.2, 0.25) is 0 Å². The molecule has 1 saturated heterocycles. The standard InChI is InChI=1S/C13H16BrNO5/c1-2-18-11-4-8(6-16)3-10(14)12(11)19-7-9-5-15-13(17)20-9/h3-4,9,16H,2,5-7H2,1H3,(H,15,17). The van der Waals surface area contributed by atoms with Crippen molar-refractivity contribution in [2.75, 3.05) is 19.8 Å². The third-order valence-corrected chi connectivity index (χ3v) is 3.30. The molecule has 0 spiro atoms. The van der Waals surface area contributed by atoms with Crippen molar-refractivity contribution in [1.29, 1.82) is 0 Å². The van der Waals surface area contributed by atoms with Crippen LogP contribution in [0.1, 0.15) is 12.5 Å². The van der Waals surface area contributed by atoms with Crippen molar-refractivity contribution in [1.82, 2.24) is 5.32 Å². The van der Waals surface area contributed by atoms with Gasteiger partial charge in [-0.05, 0) is 40.5 Å². The number of nitrogens with one attached hydrogen (secondary N) is 1. The van der Waals surface area contributed by atoms with Crippen LogP contribution in [0.4, 0.5) is 4.79 Å². The molecule has 0 aliphatic carbocycles. The molecule has 0 radical (unpaired) electrons. The van der Waals surface area contributed by atoms with Crippen LogP contribution in [0.3, 0.4) is 0 Å². The van der Waals surface area contributed by atoms with E-state index in [9.17, 15) is 9.90 Å². The summed E-state index contributed by atoms with van der Waals surface area (Å²) in [6.45, 7) is 2.93. The number of benzene rings is 1. The van der Waals surface area contributed by atoms with Gasteiger partial charge in [0.05, 0.1) is 24.2 Å². The van der Waals surface area contributed by atoms with Crippen molar-refractivity contribution in [2.24, 2.45) is 0 Å². The third kappa shape index (κ3) is 3.55. The summed E-state index contributed by atoms with van der Waals surface area (Å²) in [5, 5.41) is 11.8. The van der Waals surface area contributed by atoms with Gasteiger partial charge in [0, 0.05) is 0 Å². The van der Waals surface area contributed by atoms with E-state index in [1.807, 2.05) is 6.92 Å². The number of ether oxygens (including phenoxy) is 3. The maximum absolute atomic E-state index is 10.9. The number of hydrogen-bond acceptors (Lipinski definition) is 5. The Morgan fingerprint density at radius 1 is 1.50 bits per heavy atom. The van der Waals surface area contributed by atoms with E-state index < -0.39 is 6.09 Å². The second kappa shape index (κ2) is 6.81. The van der Waals surface area contributed by atoms with Crippen LogP contribution in [0.25, 0.3) is 0 Å². The van der Waals surface area contributed by atoms with E-state index >= 15 is 0 Å². The summed E-state index contributed by atoms with van der Waals surface area (Å²) in [5.74, 6) is 1.08. The summed E-state index contributed by atoms with van der Waals surface area (Å²) >= 11 is 3.39. The van der Waals surface area contributed by atoms with Crippen LogP contribution < -0.4 is 14.8 Å².